The van der Waals surface area contributed by atoms with Gasteiger partial charge in [-0.1, -0.05) is 11.3 Å². The molecule has 0 fully saturated rings. The minimum atomic E-state index is 0.261. The molecule has 3 aromatic rings. The Hall–Kier alpha value is -1.59. The standard InChI is InChI=1S/C16H18N2OS2/c1-9-7-13(11(3)20-9)10(2)17-16-18-14-6-5-12(19-4)8-15(14)21-16/h5-8,10H,1-4H3,(H,17,18). The first-order valence-electron chi connectivity index (χ1n) is 6.85. The lowest BCUT2D eigenvalue weighted by Gasteiger charge is -2.12. The van der Waals surface area contributed by atoms with Gasteiger partial charge in [0.1, 0.15) is 5.75 Å². The summed E-state index contributed by atoms with van der Waals surface area (Å²) in [7, 11) is 1.69. The van der Waals surface area contributed by atoms with Gasteiger partial charge in [0.15, 0.2) is 5.13 Å². The predicted molar refractivity (Wildman–Crippen MR) is 92.0 cm³/mol. The molecule has 0 saturated heterocycles. The largest absolute Gasteiger partial charge is 0.497 e. The molecule has 0 bridgehead atoms. The van der Waals surface area contributed by atoms with Crippen molar-refractivity contribution in [2.24, 2.45) is 0 Å². The van der Waals surface area contributed by atoms with Crippen LogP contribution in [0.2, 0.25) is 0 Å². The van der Waals surface area contributed by atoms with Crippen molar-refractivity contribution in [3.63, 3.8) is 0 Å². The molecule has 0 spiro atoms. The molecule has 5 heteroatoms. The fourth-order valence-electron chi connectivity index (χ4n) is 2.44. The number of hydrogen-bond acceptors (Lipinski definition) is 5. The molecule has 3 nitrogen and oxygen atoms in total. The number of methoxy groups -OCH3 is 1. The van der Waals surface area contributed by atoms with Crippen LogP contribution in [0.4, 0.5) is 5.13 Å². The summed E-state index contributed by atoms with van der Waals surface area (Å²) in [5.41, 5.74) is 2.36. The fourth-order valence-corrected chi connectivity index (χ4v) is 4.44. The Morgan fingerprint density at radius 3 is 2.67 bits per heavy atom. The first-order valence-corrected chi connectivity index (χ1v) is 8.48. The summed E-state index contributed by atoms with van der Waals surface area (Å²) in [5.74, 6) is 0.870. The van der Waals surface area contributed by atoms with Crippen LogP contribution in [0.3, 0.4) is 0 Å². The molecule has 2 heterocycles. The summed E-state index contributed by atoms with van der Waals surface area (Å²) in [6.07, 6.45) is 0. The van der Waals surface area contributed by atoms with Gasteiger partial charge < -0.3 is 10.1 Å². The van der Waals surface area contributed by atoms with E-state index >= 15 is 0 Å². The highest BCUT2D eigenvalue weighted by molar-refractivity contribution is 7.22. The van der Waals surface area contributed by atoms with E-state index in [-0.39, 0.29) is 6.04 Å². The third kappa shape index (κ3) is 2.89. The molecule has 0 aliphatic carbocycles. The van der Waals surface area contributed by atoms with Crippen molar-refractivity contribution in [1.29, 1.82) is 0 Å². The van der Waals surface area contributed by atoms with Crippen molar-refractivity contribution in [1.82, 2.24) is 4.98 Å². The second-order valence-corrected chi connectivity index (χ2v) is 7.58. The van der Waals surface area contributed by atoms with Crippen LogP contribution in [0.15, 0.2) is 24.3 Å². The summed E-state index contributed by atoms with van der Waals surface area (Å²) in [5, 5.41) is 4.47. The van der Waals surface area contributed by atoms with Gasteiger partial charge in [-0.25, -0.2) is 4.98 Å². The summed E-state index contributed by atoms with van der Waals surface area (Å²) in [4.78, 5) is 7.37. The molecule has 1 atom stereocenters. The van der Waals surface area contributed by atoms with Crippen molar-refractivity contribution in [3.8, 4) is 5.75 Å². The van der Waals surface area contributed by atoms with E-state index in [0.717, 1.165) is 21.1 Å². The number of rotatable bonds is 4. The molecule has 1 aromatic carbocycles. The maximum Gasteiger partial charge on any atom is 0.184 e. The topological polar surface area (TPSA) is 34.1 Å². The van der Waals surface area contributed by atoms with Crippen LogP contribution in [0, 0.1) is 13.8 Å². The van der Waals surface area contributed by atoms with Crippen LogP contribution in [-0.4, -0.2) is 12.1 Å². The number of aromatic nitrogens is 1. The number of hydrogen-bond donors (Lipinski definition) is 1. The van der Waals surface area contributed by atoms with Crippen molar-refractivity contribution in [2.45, 2.75) is 26.8 Å². The zero-order valence-corrected chi connectivity index (χ0v) is 14.2. The number of thiazole rings is 1. The van der Waals surface area contributed by atoms with Crippen molar-refractivity contribution >= 4 is 38.0 Å². The number of fused-ring (bicyclic) bond motifs is 1. The number of nitrogens with zero attached hydrogens (tertiary/aromatic N) is 1. The summed E-state index contributed by atoms with van der Waals surface area (Å²) >= 11 is 3.51. The number of nitrogens with one attached hydrogen (secondary N) is 1. The zero-order chi connectivity index (χ0) is 15.0. The first-order chi connectivity index (χ1) is 10.1. The van der Waals surface area contributed by atoms with Gasteiger partial charge in [0.2, 0.25) is 0 Å². The van der Waals surface area contributed by atoms with E-state index in [0.29, 0.717) is 0 Å². The summed E-state index contributed by atoms with van der Waals surface area (Å²) < 4.78 is 6.40. The predicted octanol–water partition coefficient (Wildman–Crippen LogP) is 5.16. The summed E-state index contributed by atoms with van der Waals surface area (Å²) in [6.45, 7) is 6.51. The normalized spacial score (nSPS) is 12.6. The van der Waals surface area contributed by atoms with E-state index in [2.05, 4.69) is 37.1 Å². The highest BCUT2D eigenvalue weighted by Gasteiger charge is 2.13. The van der Waals surface area contributed by atoms with E-state index in [1.807, 2.05) is 29.5 Å². The van der Waals surface area contributed by atoms with Crippen LogP contribution >= 0.6 is 22.7 Å². The number of thiophene rings is 1. The number of aryl methyl sites for hydroxylation is 2. The van der Waals surface area contributed by atoms with Crippen molar-refractivity contribution in [3.05, 3.63) is 39.6 Å². The second kappa shape index (κ2) is 5.66. The smallest absolute Gasteiger partial charge is 0.184 e. The van der Waals surface area contributed by atoms with Gasteiger partial charge in [-0.15, -0.1) is 11.3 Å². The Bertz CT molecular complexity index is 776. The SMILES string of the molecule is COc1ccc2nc(NC(C)c3cc(C)sc3C)sc2c1. The van der Waals surface area contributed by atoms with E-state index in [4.69, 9.17) is 4.74 Å². The maximum absolute atomic E-state index is 5.26. The van der Waals surface area contributed by atoms with Gasteiger partial charge in [0, 0.05) is 9.75 Å². The highest BCUT2D eigenvalue weighted by atomic mass is 32.1. The van der Waals surface area contributed by atoms with Crippen LogP contribution in [0.5, 0.6) is 5.75 Å². The van der Waals surface area contributed by atoms with Gasteiger partial charge in [-0.05, 0) is 50.6 Å². The van der Waals surface area contributed by atoms with Crippen LogP contribution in [0.1, 0.15) is 28.3 Å². The Kier molecular flexibility index (Phi) is 3.87. The molecule has 0 aliphatic heterocycles. The Balaban J connectivity index is 1.85. The third-order valence-electron chi connectivity index (χ3n) is 3.48. The molecular formula is C16H18N2OS2. The lowest BCUT2D eigenvalue weighted by molar-refractivity contribution is 0.415. The molecule has 1 unspecified atom stereocenters. The molecule has 0 aliphatic rings. The minimum Gasteiger partial charge on any atom is -0.497 e. The third-order valence-corrected chi connectivity index (χ3v) is 5.41. The molecule has 21 heavy (non-hydrogen) atoms. The average molecular weight is 318 g/mol. The molecule has 1 N–H and O–H groups in total. The Morgan fingerprint density at radius 1 is 1.19 bits per heavy atom. The van der Waals surface area contributed by atoms with Crippen molar-refractivity contribution < 1.29 is 4.74 Å². The highest BCUT2D eigenvalue weighted by Crippen LogP contribution is 2.33. The van der Waals surface area contributed by atoms with E-state index in [1.54, 1.807) is 18.4 Å². The number of ether oxygens (including phenoxy) is 1. The lowest BCUT2D eigenvalue weighted by atomic mass is 10.1. The summed E-state index contributed by atoms with van der Waals surface area (Å²) in [6, 6.07) is 8.50. The van der Waals surface area contributed by atoms with Crippen molar-refractivity contribution in [2.75, 3.05) is 12.4 Å². The van der Waals surface area contributed by atoms with Crippen LogP contribution < -0.4 is 10.1 Å². The van der Waals surface area contributed by atoms with Crippen LogP contribution in [-0.2, 0) is 0 Å². The molecule has 110 valence electrons. The maximum atomic E-state index is 5.26. The second-order valence-electron chi connectivity index (χ2n) is 5.09. The molecular weight excluding hydrogens is 300 g/mol. The molecule has 0 saturated carbocycles. The first kappa shape index (κ1) is 14.4. The van der Waals surface area contributed by atoms with Gasteiger partial charge in [-0.2, -0.15) is 0 Å². The molecule has 3 rings (SSSR count). The Labute approximate surface area is 132 Å². The van der Waals surface area contributed by atoms with E-state index in [1.165, 1.54) is 15.3 Å². The fraction of sp³-hybridized carbons (Fsp3) is 0.312. The number of anilines is 1. The Morgan fingerprint density at radius 2 is 2.00 bits per heavy atom. The monoisotopic (exact) mass is 318 g/mol. The molecule has 0 radical (unpaired) electrons. The van der Waals surface area contributed by atoms with Crippen LogP contribution in [0.25, 0.3) is 10.2 Å². The van der Waals surface area contributed by atoms with E-state index in [9.17, 15) is 0 Å². The van der Waals surface area contributed by atoms with Gasteiger partial charge in [0.25, 0.3) is 0 Å². The minimum absolute atomic E-state index is 0.261. The molecule has 2 aromatic heterocycles. The van der Waals surface area contributed by atoms with Gasteiger partial charge in [0.05, 0.1) is 23.4 Å². The van der Waals surface area contributed by atoms with E-state index < -0.39 is 0 Å². The average Bonchev–Trinajstić information content (AvgIpc) is 2.99. The van der Waals surface area contributed by atoms with Gasteiger partial charge in [-0.3, -0.25) is 0 Å². The number of benzene rings is 1. The lowest BCUT2D eigenvalue weighted by Crippen LogP contribution is -2.06. The molecule has 0 amide bonds. The van der Waals surface area contributed by atoms with Gasteiger partial charge >= 0.3 is 0 Å². The zero-order valence-electron chi connectivity index (χ0n) is 12.6. The quantitative estimate of drug-likeness (QED) is 0.722.